The van der Waals surface area contributed by atoms with Gasteiger partial charge in [0, 0.05) is 12.3 Å². The average molecular weight is 180 g/mol. The summed E-state index contributed by atoms with van der Waals surface area (Å²) in [6.45, 7) is 1.30. The molecular formula is C7H11F3N2. The smallest absolute Gasteiger partial charge is 0.327 e. The van der Waals surface area contributed by atoms with Crippen LogP contribution in [0.2, 0.25) is 0 Å². The van der Waals surface area contributed by atoms with E-state index in [1.165, 1.54) is 6.92 Å². The second-order valence-electron chi connectivity index (χ2n) is 2.18. The molecule has 0 aromatic carbocycles. The maximum Gasteiger partial charge on any atom is 0.417 e. The molecule has 3 N–H and O–H groups in total. The monoisotopic (exact) mass is 180 g/mol. The zero-order valence-corrected chi connectivity index (χ0v) is 6.70. The van der Waals surface area contributed by atoms with Gasteiger partial charge in [0.05, 0.1) is 5.57 Å². The highest BCUT2D eigenvalue weighted by atomic mass is 19.4. The highest BCUT2D eigenvalue weighted by Crippen LogP contribution is 2.26. The summed E-state index contributed by atoms with van der Waals surface area (Å²) >= 11 is 0. The van der Waals surface area contributed by atoms with Gasteiger partial charge in [0.15, 0.2) is 0 Å². The molecule has 2 nitrogen and oxygen atoms in total. The van der Waals surface area contributed by atoms with Crippen LogP contribution in [0.5, 0.6) is 0 Å². The van der Waals surface area contributed by atoms with Crippen LogP contribution in [0.1, 0.15) is 13.3 Å². The normalized spacial score (nSPS) is 13.2. The van der Waals surface area contributed by atoms with Gasteiger partial charge in [-0.3, -0.25) is 0 Å². The molecule has 0 unspecified atom stereocenters. The third-order valence-electron chi connectivity index (χ3n) is 1.31. The van der Waals surface area contributed by atoms with Crippen molar-refractivity contribution in [3.8, 4) is 0 Å². The van der Waals surface area contributed by atoms with E-state index in [4.69, 9.17) is 11.1 Å². The van der Waals surface area contributed by atoms with Crippen molar-refractivity contribution >= 4 is 5.71 Å². The van der Waals surface area contributed by atoms with E-state index in [0.29, 0.717) is 0 Å². The molecule has 0 saturated heterocycles. The van der Waals surface area contributed by atoms with E-state index < -0.39 is 17.5 Å². The molecule has 0 rings (SSSR count). The molecule has 0 aromatic rings. The Hall–Kier alpha value is -0.840. The molecule has 0 fully saturated rings. The van der Waals surface area contributed by atoms with Crippen molar-refractivity contribution < 1.29 is 13.2 Å². The molecular weight excluding hydrogens is 169 g/mol. The van der Waals surface area contributed by atoms with E-state index >= 15 is 0 Å². The Bertz CT molecular complexity index is 193. The van der Waals surface area contributed by atoms with Crippen molar-refractivity contribution in [2.45, 2.75) is 19.5 Å². The lowest BCUT2D eigenvalue weighted by Gasteiger charge is -2.10. The van der Waals surface area contributed by atoms with Gasteiger partial charge in [-0.05, 0) is 6.42 Å². The Labute approximate surface area is 68.8 Å². The lowest BCUT2D eigenvalue weighted by atomic mass is 10.1. The van der Waals surface area contributed by atoms with Gasteiger partial charge >= 0.3 is 6.18 Å². The lowest BCUT2D eigenvalue weighted by Crippen LogP contribution is -2.20. The molecule has 70 valence electrons. The molecule has 12 heavy (non-hydrogen) atoms. The van der Waals surface area contributed by atoms with Crippen LogP contribution >= 0.6 is 0 Å². The first-order valence-electron chi connectivity index (χ1n) is 3.48. The lowest BCUT2D eigenvalue weighted by molar-refractivity contribution is -0.0864. The van der Waals surface area contributed by atoms with Crippen molar-refractivity contribution in [3.05, 3.63) is 11.6 Å². The topological polar surface area (TPSA) is 49.9 Å². The number of hydrogen-bond acceptors (Lipinski definition) is 2. The number of hydrogen-bond donors (Lipinski definition) is 2. The van der Waals surface area contributed by atoms with Gasteiger partial charge in [-0.1, -0.05) is 13.0 Å². The maximum absolute atomic E-state index is 12.1. The van der Waals surface area contributed by atoms with Crippen molar-refractivity contribution in [1.82, 2.24) is 0 Å². The summed E-state index contributed by atoms with van der Waals surface area (Å²) in [7, 11) is 0. The molecule has 0 radical (unpaired) electrons. The molecule has 0 saturated carbocycles. The van der Waals surface area contributed by atoms with Crippen molar-refractivity contribution in [2.24, 2.45) is 5.73 Å². The minimum atomic E-state index is -4.45. The predicted molar refractivity (Wildman–Crippen MR) is 41.2 cm³/mol. The minimum absolute atomic E-state index is 0.0609. The molecule has 0 atom stereocenters. The Kier molecular flexibility index (Phi) is 3.95. The van der Waals surface area contributed by atoms with Gasteiger partial charge < -0.3 is 11.1 Å². The SMILES string of the molecule is CCC(=N)/C(=C\CN)C(F)(F)F. The molecule has 0 heterocycles. The molecule has 0 spiro atoms. The first-order chi connectivity index (χ1) is 5.43. The molecule has 0 aromatic heterocycles. The van der Waals surface area contributed by atoms with Crippen LogP contribution in [-0.2, 0) is 0 Å². The van der Waals surface area contributed by atoms with Crippen molar-refractivity contribution in [3.63, 3.8) is 0 Å². The summed E-state index contributed by atoms with van der Waals surface area (Å²) in [5.41, 5.74) is 3.60. The molecule has 0 aliphatic heterocycles. The molecule has 0 bridgehead atoms. The Morgan fingerprint density at radius 3 is 2.25 bits per heavy atom. The van der Waals surface area contributed by atoms with Crippen LogP contribution in [-0.4, -0.2) is 18.4 Å². The second-order valence-corrected chi connectivity index (χ2v) is 2.18. The summed E-state index contributed by atoms with van der Waals surface area (Å²) in [6, 6.07) is 0. The van der Waals surface area contributed by atoms with Gasteiger partial charge in [-0.15, -0.1) is 0 Å². The van der Waals surface area contributed by atoms with E-state index in [9.17, 15) is 13.2 Å². The summed E-state index contributed by atoms with van der Waals surface area (Å²) in [6.07, 6.45) is -3.57. The zero-order chi connectivity index (χ0) is 9.78. The summed E-state index contributed by atoms with van der Waals surface area (Å²) < 4.78 is 36.2. The summed E-state index contributed by atoms with van der Waals surface area (Å²) in [5.74, 6) is 0. The Morgan fingerprint density at radius 2 is 2.00 bits per heavy atom. The molecule has 0 aliphatic rings. The van der Waals surface area contributed by atoms with E-state index in [0.717, 1.165) is 6.08 Å². The molecule has 0 aliphatic carbocycles. The van der Waals surface area contributed by atoms with Gasteiger partial charge in [-0.2, -0.15) is 13.2 Å². The third kappa shape index (κ3) is 3.04. The van der Waals surface area contributed by atoms with Crippen LogP contribution in [0.4, 0.5) is 13.2 Å². The average Bonchev–Trinajstić information content (AvgIpc) is 1.96. The minimum Gasteiger partial charge on any atom is -0.327 e. The second kappa shape index (κ2) is 4.25. The number of alkyl halides is 3. The van der Waals surface area contributed by atoms with Crippen LogP contribution in [0.3, 0.4) is 0 Å². The Balaban J connectivity index is 4.69. The maximum atomic E-state index is 12.1. The third-order valence-corrected chi connectivity index (χ3v) is 1.31. The van der Waals surface area contributed by atoms with Crippen molar-refractivity contribution in [1.29, 1.82) is 5.41 Å². The fraction of sp³-hybridized carbons (Fsp3) is 0.571. The summed E-state index contributed by atoms with van der Waals surface area (Å²) in [4.78, 5) is 0. The number of halogens is 3. The highest BCUT2D eigenvalue weighted by molar-refractivity contribution is 5.98. The van der Waals surface area contributed by atoms with Gasteiger partial charge in [0.2, 0.25) is 0 Å². The van der Waals surface area contributed by atoms with Gasteiger partial charge in [0.1, 0.15) is 0 Å². The van der Waals surface area contributed by atoms with Crippen LogP contribution in [0, 0.1) is 5.41 Å². The van der Waals surface area contributed by atoms with Crippen molar-refractivity contribution in [2.75, 3.05) is 6.54 Å². The number of nitrogens with two attached hydrogens (primary N) is 1. The quantitative estimate of drug-likeness (QED) is 0.640. The molecule has 0 amide bonds. The van der Waals surface area contributed by atoms with E-state index in [1.54, 1.807) is 0 Å². The predicted octanol–water partition coefficient (Wildman–Crippen LogP) is 1.86. The van der Waals surface area contributed by atoms with Gasteiger partial charge in [0.25, 0.3) is 0 Å². The standard InChI is InChI=1S/C7H11F3N2/c1-2-6(12)5(3-4-11)7(8,9)10/h3,12H,2,4,11H2,1H3/b5-3+,12-6?. The number of allylic oxidation sites excluding steroid dienone is 1. The first kappa shape index (κ1) is 11.2. The van der Waals surface area contributed by atoms with E-state index in [1.807, 2.05) is 0 Å². The van der Waals surface area contributed by atoms with Crippen LogP contribution in [0.15, 0.2) is 11.6 Å². The van der Waals surface area contributed by atoms with E-state index in [-0.39, 0.29) is 13.0 Å². The van der Waals surface area contributed by atoms with Crippen LogP contribution in [0.25, 0.3) is 0 Å². The Morgan fingerprint density at radius 1 is 1.50 bits per heavy atom. The highest BCUT2D eigenvalue weighted by Gasteiger charge is 2.35. The number of rotatable bonds is 3. The summed E-state index contributed by atoms with van der Waals surface area (Å²) in [5, 5.41) is 7.01. The van der Waals surface area contributed by atoms with E-state index in [2.05, 4.69) is 0 Å². The fourth-order valence-electron chi connectivity index (χ4n) is 0.718. The number of nitrogens with one attached hydrogen (secondary N) is 1. The first-order valence-corrected chi connectivity index (χ1v) is 3.48. The largest absolute Gasteiger partial charge is 0.417 e. The fourth-order valence-corrected chi connectivity index (χ4v) is 0.718. The van der Waals surface area contributed by atoms with Gasteiger partial charge in [-0.25, -0.2) is 0 Å². The molecule has 5 heteroatoms. The zero-order valence-electron chi connectivity index (χ0n) is 6.70. The van der Waals surface area contributed by atoms with Crippen LogP contribution < -0.4 is 5.73 Å².